The Morgan fingerprint density at radius 1 is 0.950 bits per heavy atom. The fourth-order valence-corrected chi connectivity index (χ4v) is 2.09. The fourth-order valence-electron chi connectivity index (χ4n) is 2.09. The first-order chi connectivity index (χ1) is 9.81. The molecule has 3 nitrogen and oxygen atoms in total. The van der Waals surface area contributed by atoms with Gasteiger partial charge in [-0.15, -0.1) is 0 Å². The van der Waals surface area contributed by atoms with Crippen molar-refractivity contribution >= 4 is 5.69 Å². The SMILES string of the molecule is Cc1ccc(CNc2ccc(-c3ccn[nH]3)cc2)cc1. The Morgan fingerprint density at radius 2 is 1.70 bits per heavy atom. The van der Waals surface area contributed by atoms with Crippen LogP contribution in [0.3, 0.4) is 0 Å². The highest BCUT2D eigenvalue weighted by Gasteiger charge is 1.99. The lowest BCUT2D eigenvalue weighted by atomic mass is 10.1. The largest absolute Gasteiger partial charge is 0.381 e. The van der Waals surface area contributed by atoms with Gasteiger partial charge in [0.15, 0.2) is 0 Å². The van der Waals surface area contributed by atoms with Crippen LogP contribution in [0.15, 0.2) is 60.8 Å². The number of nitrogens with zero attached hydrogens (tertiary/aromatic N) is 1. The lowest BCUT2D eigenvalue weighted by molar-refractivity contribution is 1.09. The molecule has 0 saturated carbocycles. The zero-order valence-corrected chi connectivity index (χ0v) is 11.4. The summed E-state index contributed by atoms with van der Waals surface area (Å²) in [6.45, 7) is 2.94. The number of hydrogen-bond donors (Lipinski definition) is 2. The quantitative estimate of drug-likeness (QED) is 0.747. The molecule has 100 valence electrons. The highest BCUT2D eigenvalue weighted by molar-refractivity contribution is 5.62. The molecule has 20 heavy (non-hydrogen) atoms. The molecule has 0 bridgehead atoms. The van der Waals surface area contributed by atoms with Crippen molar-refractivity contribution in [3.8, 4) is 11.3 Å². The van der Waals surface area contributed by atoms with Crippen molar-refractivity contribution in [1.29, 1.82) is 0 Å². The lowest BCUT2D eigenvalue weighted by Crippen LogP contribution is -1.99. The first-order valence-electron chi connectivity index (χ1n) is 6.70. The Bertz CT molecular complexity index is 652. The maximum Gasteiger partial charge on any atom is 0.0650 e. The minimum absolute atomic E-state index is 0.837. The molecule has 3 aromatic rings. The first kappa shape index (κ1) is 12.5. The van der Waals surface area contributed by atoms with Crippen molar-refractivity contribution < 1.29 is 0 Å². The third-order valence-electron chi connectivity index (χ3n) is 3.31. The first-order valence-corrected chi connectivity index (χ1v) is 6.70. The fraction of sp³-hybridized carbons (Fsp3) is 0.118. The van der Waals surface area contributed by atoms with E-state index >= 15 is 0 Å². The number of rotatable bonds is 4. The topological polar surface area (TPSA) is 40.7 Å². The number of nitrogens with one attached hydrogen (secondary N) is 2. The third kappa shape index (κ3) is 2.88. The van der Waals surface area contributed by atoms with Crippen LogP contribution in [0.2, 0.25) is 0 Å². The molecule has 0 unspecified atom stereocenters. The Hall–Kier alpha value is -2.55. The van der Waals surface area contributed by atoms with E-state index in [2.05, 4.69) is 71.0 Å². The van der Waals surface area contributed by atoms with Crippen LogP contribution < -0.4 is 5.32 Å². The van der Waals surface area contributed by atoms with E-state index in [4.69, 9.17) is 0 Å². The van der Waals surface area contributed by atoms with Crippen LogP contribution in [0, 0.1) is 6.92 Å². The highest BCUT2D eigenvalue weighted by Crippen LogP contribution is 2.19. The number of benzene rings is 2. The molecule has 0 saturated heterocycles. The van der Waals surface area contributed by atoms with Gasteiger partial charge < -0.3 is 5.32 Å². The molecular formula is C17H17N3. The van der Waals surface area contributed by atoms with Crippen LogP contribution in [-0.4, -0.2) is 10.2 Å². The lowest BCUT2D eigenvalue weighted by Gasteiger charge is -2.07. The second kappa shape index (κ2) is 5.61. The summed E-state index contributed by atoms with van der Waals surface area (Å²) in [7, 11) is 0. The van der Waals surface area contributed by atoms with E-state index in [1.165, 1.54) is 11.1 Å². The Kier molecular flexibility index (Phi) is 3.50. The van der Waals surface area contributed by atoms with Crippen molar-refractivity contribution in [2.75, 3.05) is 5.32 Å². The molecule has 0 atom stereocenters. The van der Waals surface area contributed by atoms with Gasteiger partial charge in [-0.05, 0) is 36.2 Å². The summed E-state index contributed by atoms with van der Waals surface area (Å²) in [5.41, 5.74) is 5.87. The summed E-state index contributed by atoms with van der Waals surface area (Å²) in [6.07, 6.45) is 1.76. The molecule has 0 fully saturated rings. The Balaban J connectivity index is 1.65. The van der Waals surface area contributed by atoms with E-state index in [1.54, 1.807) is 6.20 Å². The molecule has 0 aliphatic carbocycles. The molecule has 2 aromatic carbocycles. The average Bonchev–Trinajstić information content (AvgIpc) is 3.01. The predicted molar refractivity (Wildman–Crippen MR) is 82.5 cm³/mol. The van der Waals surface area contributed by atoms with E-state index in [9.17, 15) is 0 Å². The molecule has 1 heterocycles. The molecule has 3 rings (SSSR count). The predicted octanol–water partition coefficient (Wildman–Crippen LogP) is 4.00. The summed E-state index contributed by atoms with van der Waals surface area (Å²) in [5.74, 6) is 0. The van der Waals surface area contributed by atoms with E-state index in [-0.39, 0.29) is 0 Å². The van der Waals surface area contributed by atoms with Crippen LogP contribution in [0.25, 0.3) is 11.3 Å². The van der Waals surface area contributed by atoms with Crippen molar-refractivity contribution in [2.45, 2.75) is 13.5 Å². The molecular weight excluding hydrogens is 246 g/mol. The van der Waals surface area contributed by atoms with E-state index < -0.39 is 0 Å². The summed E-state index contributed by atoms with van der Waals surface area (Å²) >= 11 is 0. The van der Waals surface area contributed by atoms with Crippen LogP contribution in [0.1, 0.15) is 11.1 Å². The molecule has 0 aliphatic rings. The number of aromatic nitrogens is 2. The number of aryl methyl sites for hydroxylation is 1. The van der Waals surface area contributed by atoms with Crippen molar-refractivity contribution in [3.05, 3.63) is 71.9 Å². The molecule has 0 radical (unpaired) electrons. The molecule has 0 spiro atoms. The zero-order valence-electron chi connectivity index (χ0n) is 11.4. The zero-order chi connectivity index (χ0) is 13.8. The number of anilines is 1. The molecule has 0 aliphatic heterocycles. The minimum atomic E-state index is 0.837. The standard InChI is InChI=1S/C17H17N3/c1-13-2-4-14(5-3-13)12-18-16-8-6-15(7-9-16)17-10-11-19-20-17/h2-11,18H,12H2,1H3,(H,19,20). The molecule has 0 amide bonds. The van der Waals surface area contributed by atoms with E-state index in [0.29, 0.717) is 0 Å². The third-order valence-corrected chi connectivity index (χ3v) is 3.31. The van der Waals surface area contributed by atoms with Gasteiger partial charge in [0.05, 0.1) is 5.69 Å². The normalized spacial score (nSPS) is 10.4. The van der Waals surface area contributed by atoms with Crippen LogP contribution >= 0.6 is 0 Å². The van der Waals surface area contributed by atoms with Crippen molar-refractivity contribution in [1.82, 2.24) is 10.2 Å². The Labute approximate surface area is 118 Å². The number of aromatic amines is 1. The summed E-state index contributed by atoms with van der Waals surface area (Å²) < 4.78 is 0. The van der Waals surface area contributed by atoms with E-state index in [0.717, 1.165) is 23.5 Å². The van der Waals surface area contributed by atoms with Gasteiger partial charge in [-0.3, -0.25) is 5.10 Å². The summed E-state index contributed by atoms with van der Waals surface area (Å²) in [4.78, 5) is 0. The summed E-state index contributed by atoms with van der Waals surface area (Å²) in [6, 6.07) is 18.9. The van der Waals surface area contributed by atoms with Gasteiger partial charge in [-0.1, -0.05) is 42.0 Å². The van der Waals surface area contributed by atoms with Gasteiger partial charge in [0, 0.05) is 18.4 Å². The monoisotopic (exact) mass is 263 g/mol. The van der Waals surface area contributed by atoms with Crippen LogP contribution in [-0.2, 0) is 6.54 Å². The second-order valence-electron chi connectivity index (χ2n) is 4.89. The van der Waals surface area contributed by atoms with Gasteiger partial charge in [-0.25, -0.2) is 0 Å². The van der Waals surface area contributed by atoms with Crippen LogP contribution in [0.4, 0.5) is 5.69 Å². The number of H-pyrrole nitrogens is 1. The van der Waals surface area contributed by atoms with Gasteiger partial charge >= 0.3 is 0 Å². The van der Waals surface area contributed by atoms with Crippen molar-refractivity contribution in [3.63, 3.8) is 0 Å². The van der Waals surface area contributed by atoms with Crippen molar-refractivity contribution in [2.24, 2.45) is 0 Å². The molecule has 2 N–H and O–H groups in total. The smallest absolute Gasteiger partial charge is 0.0650 e. The van der Waals surface area contributed by atoms with Gasteiger partial charge in [-0.2, -0.15) is 5.10 Å². The maximum absolute atomic E-state index is 3.96. The average molecular weight is 263 g/mol. The maximum atomic E-state index is 3.96. The van der Waals surface area contributed by atoms with E-state index in [1.807, 2.05) is 6.07 Å². The molecule has 1 aromatic heterocycles. The second-order valence-corrected chi connectivity index (χ2v) is 4.89. The van der Waals surface area contributed by atoms with Crippen LogP contribution in [0.5, 0.6) is 0 Å². The van der Waals surface area contributed by atoms with Gasteiger partial charge in [0.1, 0.15) is 0 Å². The highest BCUT2D eigenvalue weighted by atomic mass is 15.1. The Morgan fingerprint density at radius 3 is 2.35 bits per heavy atom. The number of hydrogen-bond acceptors (Lipinski definition) is 2. The molecule has 3 heteroatoms. The van der Waals surface area contributed by atoms with Gasteiger partial charge in [0.25, 0.3) is 0 Å². The minimum Gasteiger partial charge on any atom is -0.381 e. The van der Waals surface area contributed by atoms with Gasteiger partial charge in [0.2, 0.25) is 0 Å². The summed E-state index contributed by atoms with van der Waals surface area (Å²) in [5, 5.41) is 10.4.